The Morgan fingerprint density at radius 3 is 2.45 bits per heavy atom. The van der Waals surface area contributed by atoms with Crippen LogP contribution in [0, 0.1) is 11.3 Å². The van der Waals surface area contributed by atoms with E-state index in [1.807, 2.05) is 30.3 Å². The molecule has 0 amide bonds. The van der Waals surface area contributed by atoms with Crippen molar-refractivity contribution in [2.24, 2.45) is 0 Å². The van der Waals surface area contributed by atoms with Crippen molar-refractivity contribution in [3.05, 3.63) is 77.4 Å². The molecule has 4 heteroatoms. The van der Waals surface area contributed by atoms with Crippen LogP contribution in [0.1, 0.15) is 55.7 Å². The fourth-order valence-electron chi connectivity index (χ4n) is 3.70. The number of allylic oxidation sites excluding steroid dienone is 2. The number of hydrogen-bond donors (Lipinski definition) is 0. The van der Waals surface area contributed by atoms with Crippen LogP contribution in [0.25, 0.3) is 11.1 Å². The Bertz CT molecular complexity index is 999. The highest BCUT2D eigenvalue weighted by atomic mass is 16.5. The summed E-state index contributed by atoms with van der Waals surface area (Å²) in [6, 6.07) is 18.6. The fraction of sp³-hybridized carbons (Fsp3) is 0.333. The van der Waals surface area contributed by atoms with Crippen molar-refractivity contribution in [1.29, 1.82) is 5.26 Å². The molecule has 31 heavy (non-hydrogen) atoms. The molecule has 0 unspecified atom stereocenters. The molecule has 0 bridgehead atoms. The summed E-state index contributed by atoms with van der Waals surface area (Å²) < 4.78 is 11.0. The molecule has 0 saturated carbocycles. The van der Waals surface area contributed by atoms with Crippen LogP contribution in [0.5, 0.6) is 5.75 Å². The zero-order valence-corrected chi connectivity index (χ0v) is 18.2. The van der Waals surface area contributed by atoms with Crippen LogP contribution in [0.3, 0.4) is 0 Å². The summed E-state index contributed by atoms with van der Waals surface area (Å²) in [5.74, 6) is 0.501. The van der Waals surface area contributed by atoms with E-state index < -0.39 is 0 Å². The summed E-state index contributed by atoms with van der Waals surface area (Å²) in [4.78, 5) is 11.3. The normalized spacial score (nSPS) is 12.3. The molecule has 0 fully saturated rings. The van der Waals surface area contributed by atoms with E-state index in [9.17, 15) is 10.1 Å². The molecule has 0 atom stereocenters. The average Bonchev–Trinajstić information content (AvgIpc) is 3.16. The molecule has 0 heterocycles. The molecule has 2 aromatic carbocycles. The zero-order valence-electron chi connectivity index (χ0n) is 18.2. The predicted octanol–water partition coefficient (Wildman–Crippen LogP) is 6.13. The third kappa shape index (κ3) is 6.08. The number of unbranched alkanes of at least 4 members (excludes halogenated alkanes) is 4. The predicted molar refractivity (Wildman–Crippen MR) is 123 cm³/mol. The Balaban J connectivity index is 1.43. The standard InChI is InChI=1S/C27H29NO3/c1-20(2)27(29)31-16-10-5-3-4-9-15-30-23-14-13-22-17-24(21-11-7-6-8-12-21)26(19-28)25(22)18-23/h6-8,11-14,18H,1,3-5,9-10,15-17H2,2H3. The number of hydrogen-bond acceptors (Lipinski definition) is 4. The zero-order chi connectivity index (χ0) is 22.1. The number of rotatable bonds is 11. The van der Waals surface area contributed by atoms with Gasteiger partial charge in [0.25, 0.3) is 0 Å². The van der Waals surface area contributed by atoms with Crippen molar-refractivity contribution in [2.45, 2.75) is 45.4 Å². The molecule has 0 N–H and O–H groups in total. The van der Waals surface area contributed by atoms with Gasteiger partial charge in [0.05, 0.1) is 18.8 Å². The van der Waals surface area contributed by atoms with Crippen LogP contribution in [-0.2, 0) is 16.0 Å². The molecule has 1 aliphatic rings. The van der Waals surface area contributed by atoms with Gasteiger partial charge in [-0.1, -0.05) is 62.2 Å². The van der Waals surface area contributed by atoms with E-state index >= 15 is 0 Å². The first-order valence-corrected chi connectivity index (χ1v) is 10.9. The Morgan fingerprint density at radius 2 is 1.74 bits per heavy atom. The second-order valence-electron chi connectivity index (χ2n) is 7.86. The highest BCUT2D eigenvalue weighted by molar-refractivity contribution is 6.02. The summed E-state index contributed by atoms with van der Waals surface area (Å²) >= 11 is 0. The summed E-state index contributed by atoms with van der Waals surface area (Å²) in [7, 11) is 0. The summed E-state index contributed by atoms with van der Waals surface area (Å²) in [6.07, 6.45) is 5.81. The van der Waals surface area contributed by atoms with Gasteiger partial charge in [0.1, 0.15) is 11.8 Å². The maximum absolute atomic E-state index is 11.3. The van der Waals surface area contributed by atoms with Gasteiger partial charge in [-0.3, -0.25) is 0 Å². The van der Waals surface area contributed by atoms with Crippen LogP contribution in [0.2, 0.25) is 0 Å². The summed E-state index contributed by atoms with van der Waals surface area (Å²) in [5, 5.41) is 9.75. The molecular formula is C27H29NO3. The molecule has 0 aliphatic heterocycles. The number of esters is 1. The topological polar surface area (TPSA) is 59.3 Å². The molecule has 0 saturated heterocycles. The van der Waals surface area contributed by atoms with Crippen molar-refractivity contribution in [3.8, 4) is 11.8 Å². The number of ether oxygens (including phenoxy) is 2. The van der Waals surface area contributed by atoms with Crippen LogP contribution < -0.4 is 4.74 Å². The SMILES string of the molecule is C=C(C)C(=O)OCCCCCCCOc1ccc2c(c1)C(C#N)=C(c1ccccc1)C2. The van der Waals surface area contributed by atoms with E-state index in [0.29, 0.717) is 18.8 Å². The molecule has 4 nitrogen and oxygen atoms in total. The number of carbonyl (C=O) groups excluding carboxylic acids is 1. The monoisotopic (exact) mass is 415 g/mol. The molecule has 2 aromatic rings. The lowest BCUT2D eigenvalue weighted by atomic mass is 10.0. The van der Waals surface area contributed by atoms with E-state index in [4.69, 9.17) is 9.47 Å². The molecular weight excluding hydrogens is 386 g/mol. The first-order chi connectivity index (χ1) is 15.1. The van der Waals surface area contributed by atoms with Crippen molar-refractivity contribution in [3.63, 3.8) is 0 Å². The molecule has 160 valence electrons. The largest absolute Gasteiger partial charge is 0.494 e. The van der Waals surface area contributed by atoms with Gasteiger partial charge in [0, 0.05) is 5.57 Å². The van der Waals surface area contributed by atoms with Gasteiger partial charge in [-0.25, -0.2) is 4.79 Å². The molecule has 0 spiro atoms. The lowest BCUT2D eigenvalue weighted by Crippen LogP contribution is -2.06. The van der Waals surface area contributed by atoms with Gasteiger partial charge in [-0.05, 0) is 60.6 Å². The van der Waals surface area contributed by atoms with Crippen LogP contribution >= 0.6 is 0 Å². The average molecular weight is 416 g/mol. The summed E-state index contributed by atoms with van der Waals surface area (Å²) in [6.45, 7) is 6.33. The number of fused-ring (bicyclic) bond motifs is 1. The lowest BCUT2D eigenvalue weighted by Gasteiger charge is -2.08. The number of nitriles is 1. The van der Waals surface area contributed by atoms with Crippen molar-refractivity contribution >= 4 is 17.1 Å². The number of benzene rings is 2. The van der Waals surface area contributed by atoms with Gasteiger partial charge >= 0.3 is 5.97 Å². The van der Waals surface area contributed by atoms with Crippen molar-refractivity contribution in [2.75, 3.05) is 13.2 Å². The smallest absolute Gasteiger partial charge is 0.333 e. The molecule has 0 aromatic heterocycles. The third-order valence-corrected chi connectivity index (χ3v) is 5.39. The van der Waals surface area contributed by atoms with E-state index in [1.165, 1.54) is 5.56 Å². The van der Waals surface area contributed by atoms with Gasteiger partial charge < -0.3 is 9.47 Å². The Kier molecular flexibility index (Phi) is 8.06. The van der Waals surface area contributed by atoms with Crippen LogP contribution in [0.4, 0.5) is 0 Å². The van der Waals surface area contributed by atoms with E-state index in [2.05, 4.69) is 30.8 Å². The summed E-state index contributed by atoms with van der Waals surface area (Å²) in [5.41, 5.74) is 5.55. The van der Waals surface area contributed by atoms with Gasteiger partial charge in [0.15, 0.2) is 0 Å². The maximum Gasteiger partial charge on any atom is 0.333 e. The fourth-order valence-corrected chi connectivity index (χ4v) is 3.70. The van der Waals surface area contributed by atoms with Crippen molar-refractivity contribution < 1.29 is 14.3 Å². The van der Waals surface area contributed by atoms with Gasteiger partial charge in [-0.2, -0.15) is 5.26 Å². The minimum atomic E-state index is -0.312. The van der Waals surface area contributed by atoms with E-state index in [-0.39, 0.29) is 5.97 Å². The lowest BCUT2D eigenvalue weighted by molar-refractivity contribution is -0.139. The minimum Gasteiger partial charge on any atom is -0.494 e. The molecule has 1 aliphatic carbocycles. The molecule has 3 rings (SSSR count). The quantitative estimate of drug-likeness (QED) is 0.252. The number of carbonyl (C=O) groups is 1. The molecule has 0 radical (unpaired) electrons. The Hall–Kier alpha value is -3.32. The Morgan fingerprint density at radius 1 is 1.03 bits per heavy atom. The van der Waals surface area contributed by atoms with E-state index in [0.717, 1.165) is 66.5 Å². The number of nitrogens with zero attached hydrogens (tertiary/aromatic N) is 1. The maximum atomic E-state index is 11.3. The first kappa shape index (κ1) is 22.4. The van der Waals surface area contributed by atoms with E-state index in [1.54, 1.807) is 6.92 Å². The van der Waals surface area contributed by atoms with Crippen LogP contribution in [-0.4, -0.2) is 19.2 Å². The van der Waals surface area contributed by atoms with Crippen LogP contribution in [0.15, 0.2) is 60.7 Å². The Labute approximate surface area is 184 Å². The van der Waals surface area contributed by atoms with Gasteiger partial charge in [-0.15, -0.1) is 0 Å². The van der Waals surface area contributed by atoms with Crippen molar-refractivity contribution in [1.82, 2.24) is 0 Å². The van der Waals surface area contributed by atoms with Gasteiger partial charge in [0.2, 0.25) is 0 Å². The second kappa shape index (κ2) is 11.2. The highest BCUT2D eigenvalue weighted by Gasteiger charge is 2.23. The third-order valence-electron chi connectivity index (χ3n) is 5.39. The first-order valence-electron chi connectivity index (χ1n) is 10.9. The highest BCUT2D eigenvalue weighted by Crippen LogP contribution is 2.39. The minimum absolute atomic E-state index is 0.312. The second-order valence-corrected chi connectivity index (χ2v) is 7.86.